The van der Waals surface area contributed by atoms with Gasteiger partial charge in [0.15, 0.2) is 0 Å². The summed E-state index contributed by atoms with van der Waals surface area (Å²) in [6.07, 6.45) is 3.23. The van der Waals surface area contributed by atoms with E-state index in [-0.39, 0.29) is 12.6 Å². The Hall–Kier alpha value is -0.170. The maximum absolute atomic E-state index is 12.0. The first-order valence-electron chi connectivity index (χ1n) is 5.83. The topological polar surface area (TPSA) is 75.4 Å². The fraction of sp³-hybridized carbons (Fsp3) is 1.00. The molecule has 2 fully saturated rings. The Morgan fingerprint density at radius 1 is 1.44 bits per heavy atom. The molecule has 2 aliphatic rings. The number of hydrogen-bond donors (Lipinski definition) is 2. The second-order valence-electron chi connectivity index (χ2n) is 5.72. The van der Waals surface area contributed by atoms with E-state index in [4.69, 9.17) is 5.73 Å². The van der Waals surface area contributed by atoms with Gasteiger partial charge in [-0.2, -0.15) is 12.7 Å². The van der Waals surface area contributed by atoms with Crippen LogP contribution in [0.4, 0.5) is 0 Å². The van der Waals surface area contributed by atoms with Crippen LogP contribution in [0.5, 0.6) is 0 Å². The van der Waals surface area contributed by atoms with E-state index in [1.807, 2.05) is 13.8 Å². The molecule has 1 saturated carbocycles. The second-order valence-corrected chi connectivity index (χ2v) is 7.43. The van der Waals surface area contributed by atoms with Crippen molar-refractivity contribution in [1.29, 1.82) is 0 Å². The van der Waals surface area contributed by atoms with Crippen LogP contribution in [0.15, 0.2) is 0 Å². The first kappa shape index (κ1) is 12.3. The lowest BCUT2D eigenvalue weighted by molar-refractivity contribution is 0.326. The van der Waals surface area contributed by atoms with E-state index in [1.54, 1.807) is 4.31 Å². The number of nitrogens with zero attached hydrogens (tertiary/aromatic N) is 1. The molecule has 0 aromatic rings. The van der Waals surface area contributed by atoms with Crippen molar-refractivity contribution in [2.45, 2.75) is 44.7 Å². The first-order valence-corrected chi connectivity index (χ1v) is 7.27. The molecule has 5 nitrogen and oxygen atoms in total. The first-order chi connectivity index (χ1) is 7.28. The van der Waals surface area contributed by atoms with Gasteiger partial charge in [-0.3, -0.25) is 0 Å². The Morgan fingerprint density at radius 3 is 2.56 bits per heavy atom. The standard InChI is InChI=1S/C10H21N3O2S/c1-10(2,11)7-12-16(14,15)13-6-8-3-4-9(13)5-8/h8-9,12H,3-7,11H2,1-2H3. The van der Waals surface area contributed by atoms with Crippen molar-refractivity contribution in [2.24, 2.45) is 11.7 Å². The molecule has 94 valence electrons. The van der Waals surface area contributed by atoms with Crippen LogP contribution in [0.1, 0.15) is 33.1 Å². The minimum atomic E-state index is -3.32. The minimum Gasteiger partial charge on any atom is -0.324 e. The molecule has 3 N–H and O–H groups in total. The van der Waals surface area contributed by atoms with Crippen LogP contribution < -0.4 is 10.5 Å². The zero-order valence-electron chi connectivity index (χ0n) is 9.94. The molecular weight excluding hydrogens is 226 g/mol. The van der Waals surface area contributed by atoms with Crippen LogP contribution in [-0.4, -0.2) is 37.4 Å². The summed E-state index contributed by atoms with van der Waals surface area (Å²) in [6.45, 7) is 4.59. The van der Waals surface area contributed by atoms with Gasteiger partial charge in [0.1, 0.15) is 0 Å². The number of nitrogens with two attached hydrogens (primary N) is 1. The molecule has 1 saturated heterocycles. The molecule has 2 bridgehead atoms. The van der Waals surface area contributed by atoms with Crippen LogP contribution in [0.2, 0.25) is 0 Å². The van der Waals surface area contributed by atoms with E-state index in [0.717, 1.165) is 12.8 Å². The van der Waals surface area contributed by atoms with E-state index in [0.29, 0.717) is 12.5 Å². The molecule has 16 heavy (non-hydrogen) atoms. The molecule has 0 spiro atoms. The Balaban J connectivity index is 1.98. The van der Waals surface area contributed by atoms with Crippen molar-refractivity contribution in [1.82, 2.24) is 9.03 Å². The van der Waals surface area contributed by atoms with Gasteiger partial charge in [0.05, 0.1) is 0 Å². The fourth-order valence-corrected chi connectivity index (χ4v) is 4.25. The van der Waals surface area contributed by atoms with E-state index in [1.165, 1.54) is 6.42 Å². The Morgan fingerprint density at radius 2 is 2.12 bits per heavy atom. The summed E-state index contributed by atoms with van der Waals surface area (Å²) in [5, 5.41) is 0. The number of hydrogen-bond acceptors (Lipinski definition) is 3. The third-order valence-corrected chi connectivity index (χ3v) is 4.95. The van der Waals surface area contributed by atoms with E-state index >= 15 is 0 Å². The predicted octanol–water partition coefficient (Wildman–Crippen LogP) is 0.0424. The van der Waals surface area contributed by atoms with Gasteiger partial charge in [0, 0.05) is 24.7 Å². The Kier molecular flexibility index (Phi) is 3.03. The van der Waals surface area contributed by atoms with Crippen molar-refractivity contribution in [2.75, 3.05) is 13.1 Å². The average Bonchev–Trinajstić information content (AvgIpc) is 2.74. The molecule has 2 rings (SSSR count). The van der Waals surface area contributed by atoms with Gasteiger partial charge in [-0.15, -0.1) is 0 Å². The minimum absolute atomic E-state index is 0.225. The third kappa shape index (κ3) is 2.56. The third-order valence-electron chi connectivity index (χ3n) is 3.38. The van der Waals surface area contributed by atoms with E-state index < -0.39 is 15.7 Å². The number of piperidine rings is 1. The van der Waals surface area contributed by atoms with Gasteiger partial charge in [-0.05, 0) is 39.0 Å². The van der Waals surface area contributed by atoms with Crippen molar-refractivity contribution in [3.05, 3.63) is 0 Å². The molecule has 0 aromatic heterocycles. The van der Waals surface area contributed by atoms with Crippen molar-refractivity contribution in [3.63, 3.8) is 0 Å². The van der Waals surface area contributed by atoms with E-state index in [9.17, 15) is 8.42 Å². The zero-order valence-corrected chi connectivity index (χ0v) is 10.8. The summed E-state index contributed by atoms with van der Waals surface area (Å²) in [4.78, 5) is 0. The molecule has 6 heteroatoms. The zero-order chi connectivity index (χ0) is 12.0. The highest BCUT2D eigenvalue weighted by molar-refractivity contribution is 7.87. The predicted molar refractivity (Wildman–Crippen MR) is 63.0 cm³/mol. The van der Waals surface area contributed by atoms with Gasteiger partial charge < -0.3 is 5.73 Å². The van der Waals surface area contributed by atoms with Crippen LogP contribution in [-0.2, 0) is 10.2 Å². The van der Waals surface area contributed by atoms with Gasteiger partial charge in [0.25, 0.3) is 10.2 Å². The molecule has 0 radical (unpaired) electrons. The molecule has 2 unspecified atom stereocenters. The van der Waals surface area contributed by atoms with Gasteiger partial charge in [-0.1, -0.05) is 0 Å². The highest BCUT2D eigenvalue weighted by Gasteiger charge is 2.43. The Labute approximate surface area is 97.6 Å². The van der Waals surface area contributed by atoms with Crippen molar-refractivity contribution < 1.29 is 8.42 Å². The quantitative estimate of drug-likeness (QED) is 0.736. The summed E-state index contributed by atoms with van der Waals surface area (Å²) in [5.74, 6) is 0.576. The highest BCUT2D eigenvalue weighted by atomic mass is 32.2. The molecule has 1 heterocycles. The summed E-state index contributed by atoms with van der Waals surface area (Å²) >= 11 is 0. The Bertz CT molecular complexity index is 361. The fourth-order valence-electron chi connectivity index (χ4n) is 2.53. The lowest BCUT2D eigenvalue weighted by Gasteiger charge is -2.28. The molecule has 2 atom stereocenters. The van der Waals surface area contributed by atoms with Gasteiger partial charge in [0.2, 0.25) is 0 Å². The summed E-state index contributed by atoms with van der Waals surface area (Å²) in [5.41, 5.74) is 5.26. The van der Waals surface area contributed by atoms with Crippen LogP contribution >= 0.6 is 0 Å². The van der Waals surface area contributed by atoms with Crippen LogP contribution in [0.25, 0.3) is 0 Å². The van der Waals surface area contributed by atoms with Crippen LogP contribution in [0.3, 0.4) is 0 Å². The van der Waals surface area contributed by atoms with Crippen molar-refractivity contribution >= 4 is 10.2 Å². The monoisotopic (exact) mass is 247 g/mol. The van der Waals surface area contributed by atoms with Gasteiger partial charge >= 0.3 is 0 Å². The molecular formula is C10H21N3O2S. The number of fused-ring (bicyclic) bond motifs is 2. The lowest BCUT2D eigenvalue weighted by Crippen LogP contribution is -2.51. The second kappa shape index (κ2) is 3.94. The maximum Gasteiger partial charge on any atom is 0.279 e. The number of rotatable bonds is 4. The largest absolute Gasteiger partial charge is 0.324 e. The van der Waals surface area contributed by atoms with Gasteiger partial charge in [-0.25, -0.2) is 4.72 Å². The summed E-state index contributed by atoms with van der Waals surface area (Å²) in [7, 11) is -3.32. The number of nitrogens with one attached hydrogen (secondary N) is 1. The molecule has 0 amide bonds. The van der Waals surface area contributed by atoms with Crippen LogP contribution in [0, 0.1) is 5.92 Å². The van der Waals surface area contributed by atoms with Crippen molar-refractivity contribution in [3.8, 4) is 0 Å². The SMILES string of the molecule is CC(C)(N)CNS(=O)(=O)N1CC2CCC1C2. The normalized spacial score (nSPS) is 31.2. The average molecular weight is 247 g/mol. The van der Waals surface area contributed by atoms with E-state index in [2.05, 4.69) is 4.72 Å². The lowest BCUT2D eigenvalue weighted by atomic mass is 10.1. The molecule has 0 aromatic carbocycles. The molecule has 1 aliphatic heterocycles. The highest BCUT2D eigenvalue weighted by Crippen LogP contribution is 2.38. The molecule has 1 aliphatic carbocycles. The summed E-state index contributed by atoms with van der Waals surface area (Å²) < 4.78 is 28.3. The smallest absolute Gasteiger partial charge is 0.279 e. The maximum atomic E-state index is 12.0. The summed E-state index contributed by atoms with van der Waals surface area (Å²) in [6, 6.07) is 0.225.